The van der Waals surface area contributed by atoms with E-state index in [1.165, 1.54) is 32.4 Å². The van der Waals surface area contributed by atoms with Crippen molar-refractivity contribution in [2.75, 3.05) is 7.11 Å². The first-order valence-electron chi connectivity index (χ1n) is 10.8. The molecule has 0 aliphatic rings. The van der Waals surface area contributed by atoms with E-state index in [1.807, 2.05) is 0 Å². The predicted octanol–water partition coefficient (Wildman–Crippen LogP) is 4.90. The van der Waals surface area contributed by atoms with Gasteiger partial charge in [0.1, 0.15) is 5.75 Å². The number of hydrogen-bond donors (Lipinski definition) is 0. The van der Waals surface area contributed by atoms with Crippen molar-refractivity contribution in [3.05, 3.63) is 94.3 Å². The minimum absolute atomic E-state index is 0.0636. The van der Waals surface area contributed by atoms with Gasteiger partial charge in [0.25, 0.3) is 5.56 Å². The van der Waals surface area contributed by atoms with Crippen molar-refractivity contribution in [2.45, 2.75) is 19.2 Å². The van der Waals surface area contributed by atoms with Crippen LogP contribution < -0.4 is 10.3 Å². The summed E-state index contributed by atoms with van der Waals surface area (Å²) in [4.78, 5) is 29.5. The summed E-state index contributed by atoms with van der Waals surface area (Å²) >= 11 is 0. The molecule has 1 heterocycles. The van der Waals surface area contributed by atoms with E-state index >= 15 is 0 Å². The number of hydrogen-bond acceptors (Lipinski definition) is 6. The lowest BCUT2D eigenvalue weighted by Gasteiger charge is -2.14. The number of fused-ring (bicyclic) bond motifs is 1. The molecular formula is C26H20F3N3O4. The molecule has 0 saturated carbocycles. The molecule has 1 atom stereocenters. The average Bonchev–Trinajstić information content (AvgIpc) is 2.88. The Hall–Kier alpha value is -4.47. The molecule has 0 radical (unpaired) electrons. The van der Waals surface area contributed by atoms with Gasteiger partial charge in [-0.05, 0) is 43.3 Å². The number of alkyl halides is 3. The molecule has 0 unspecified atom stereocenters. The van der Waals surface area contributed by atoms with Gasteiger partial charge >= 0.3 is 12.1 Å². The summed E-state index contributed by atoms with van der Waals surface area (Å²) in [5.41, 5.74) is -0.645. The van der Waals surface area contributed by atoms with Gasteiger partial charge in [-0.1, -0.05) is 36.4 Å². The minimum atomic E-state index is -4.58. The highest BCUT2D eigenvalue weighted by atomic mass is 19.4. The third kappa shape index (κ3) is 5.12. The van der Waals surface area contributed by atoms with Crippen molar-refractivity contribution in [3.63, 3.8) is 0 Å². The molecule has 0 bridgehead atoms. The maximum absolute atomic E-state index is 13.4. The van der Waals surface area contributed by atoms with Gasteiger partial charge in [0.2, 0.25) is 0 Å². The zero-order valence-electron chi connectivity index (χ0n) is 19.2. The number of nitrogens with zero attached hydrogens (tertiary/aromatic N) is 3. The molecule has 4 aromatic rings. The van der Waals surface area contributed by atoms with Crippen molar-refractivity contribution in [1.82, 2.24) is 9.66 Å². The maximum Gasteiger partial charge on any atom is 0.416 e. The van der Waals surface area contributed by atoms with Crippen LogP contribution in [0.3, 0.4) is 0 Å². The van der Waals surface area contributed by atoms with E-state index in [0.29, 0.717) is 16.8 Å². The number of para-hydroxylation sites is 2. The summed E-state index contributed by atoms with van der Waals surface area (Å²) in [6.45, 7) is 1.52. The Kier molecular flexibility index (Phi) is 6.86. The van der Waals surface area contributed by atoms with E-state index in [-0.39, 0.29) is 16.8 Å². The highest BCUT2D eigenvalue weighted by Gasteiger charge is 2.31. The number of carbonyl (C=O) groups excluding carboxylic acids is 1. The molecule has 0 aliphatic carbocycles. The van der Waals surface area contributed by atoms with Gasteiger partial charge in [0.05, 0.1) is 29.8 Å². The Morgan fingerprint density at radius 1 is 1.06 bits per heavy atom. The summed E-state index contributed by atoms with van der Waals surface area (Å²) in [5.74, 6) is -0.354. The first-order chi connectivity index (χ1) is 17.2. The van der Waals surface area contributed by atoms with Crippen molar-refractivity contribution < 1.29 is 27.4 Å². The highest BCUT2D eigenvalue weighted by molar-refractivity contribution is 5.85. The summed E-state index contributed by atoms with van der Waals surface area (Å²) in [5, 5.41) is 4.51. The fourth-order valence-corrected chi connectivity index (χ4v) is 3.47. The Bertz CT molecular complexity index is 1510. The lowest BCUT2D eigenvalue weighted by Crippen LogP contribution is -2.25. The lowest BCUT2D eigenvalue weighted by atomic mass is 10.1. The first-order valence-corrected chi connectivity index (χ1v) is 10.8. The van der Waals surface area contributed by atoms with Crippen molar-refractivity contribution in [2.24, 2.45) is 5.10 Å². The molecule has 4 rings (SSSR count). The number of methoxy groups -OCH3 is 1. The molecule has 184 valence electrons. The van der Waals surface area contributed by atoms with Gasteiger partial charge in [-0.3, -0.25) is 4.79 Å². The number of ether oxygens (including phenoxy) is 2. The van der Waals surface area contributed by atoms with E-state index in [4.69, 9.17) is 4.74 Å². The van der Waals surface area contributed by atoms with Crippen LogP contribution in [0, 0.1) is 0 Å². The molecule has 0 fully saturated rings. The van der Waals surface area contributed by atoms with Crippen LogP contribution in [0.2, 0.25) is 0 Å². The van der Waals surface area contributed by atoms with Gasteiger partial charge in [-0.2, -0.15) is 22.9 Å². The molecule has 1 aromatic heterocycles. The van der Waals surface area contributed by atoms with Gasteiger partial charge < -0.3 is 9.47 Å². The molecule has 0 amide bonds. The van der Waals surface area contributed by atoms with Crippen LogP contribution in [-0.4, -0.2) is 35.1 Å². The zero-order valence-corrected chi connectivity index (χ0v) is 19.2. The Morgan fingerprint density at radius 2 is 1.78 bits per heavy atom. The van der Waals surface area contributed by atoms with Crippen molar-refractivity contribution in [3.8, 4) is 17.1 Å². The second-order valence-electron chi connectivity index (χ2n) is 7.71. The molecule has 0 aliphatic heterocycles. The number of halogens is 3. The lowest BCUT2D eigenvalue weighted by molar-refractivity contribution is -0.148. The van der Waals surface area contributed by atoms with Gasteiger partial charge in [0, 0.05) is 11.1 Å². The first kappa shape index (κ1) is 24.6. The van der Waals surface area contributed by atoms with Crippen LogP contribution in [0.15, 0.2) is 82.7 Å². The molecule has 0 N–H and O–H groups in total. The van der Waals surface area contributed by atoms with Crippen LogP contribution in [0.5, 0.6) is 5.75 Å². The van der Waals surface area contributed by atoms with Gasteiger partial charge in [0.15, 0.2) is 11.9 Å². The van der Waals surface area contributed by atoms with E-state index in [0.717, 1.165) is 16.8 Å². The average molecular weight is 495 g/mol. The second-order valence-corrected chi connectivity index (χ2v) is 7.71. The fourth-order valence-electron chi connectivity index (χ4n) is 3.47. The van der Waals surface area contributed by atoms with Crippen LogP contribution in [0.4, 0.5) is 13.2 Å². The monoisotopic (exact) mass is 495 g/mol. The normalized spacial score (nSPS) is 12.6. The maximum atomic E-state index is 13.4. The molecule has 3 aromatic carbocycles. The Labute approximate surface area is 203 Å². The number of carbonyl (C=O) groups is 1. The Morgan fingerprint density at radius 3 is 2.53 bits per heavy atom. The van der Waals surface area contributed by atoms with Gasteiger partial charge in [-0.25, -0.2) is 9.78 Å². The SMILES string of the molecule is COC(=O)[C@@H](C)Oc1ccccc1C=Nn1c(-c2cccc(C(F)(F)F)c2)nc2ccccc2c1=O. The zero-order chi connectivity index (χ0) is 25.9. The summed E-state index contributed by atoms with van der Waals surface area (Å²) in [6, 6.07) is 17.6. The third-order valence-corrected chi connectivity index (χ3v) is 5.27. The topological polar surface area (TPSA) is 82.8 Å². The molecule has 10 heteroatoms. The number of esters is 1. The van der Waals surface area contributed by atoms with E-state index in [1.54, 1.807) is 48.5 Å². The molecule has 36 heavy (non-hydrogen) atoms. The number of aromatic nitrogens is 2. The predicted molar refractivity (Wildman–Crippen MR) is 128 cm³/mol. The Balaban J connectivity index is 1.85. The standard InChI is InChI=1S/C26H20F3N3O4/c1-16(25(34)35-2)36-22-13-6-3-8-18(22)15-30-32-23(17-9-7-10-19(14-17)26(27,28)29)31-21-12-5-4-11-20(21)24(32)33/h3-16H,1-2H3/t16-/m1/s1. The van der Waals surface area contributed by atoms with E-state index in [9.17, 15) is 22.8 Å². The third-order valence-electron chi connectivity index (χ3n) is 5.27. The van der Waals surface area contributed by atoms with Crippen LogP contribution in [0.25, 0.3) is 22.3 Å². The van der Waals surface area contributed by atoms with E-state index in [2.05, 4.69) is 14.8 Å². The molecule has 7 nitrogen and oxygen atoms in total. The molecule has 0 saturated heterocycles. The quantitative estimate of drug-likeness (QED) is 0.281. The fraction of sp³-hybridized carbons (Fsp3) is 0.154. The van der Waals surface area contributed by atoms with Crippen LogP contribution in [0.1, 0.15) is 18.1 Å². The molecular weight excluding hydrogens is 475 g/mol. The second kappa shape index (κ2) is 10.0. The van der Waals surface area contributed by atoms with Crippen LogP contribution >= 0.6 is 0 Å². The smallest absolute Gasteiger partial charge is 0.416 e. The summed E-state index contributed by atoms with van der Waals surface area (Å²) in [6.07, 6.45) is -4.17. The van der Waals surface area contributed by atoms with Crippen molar-refractivity contribution in [1.29, 1.82) is 0 Å². The highest BCUT2D eigenvalue weighted by Crippen LogP contribution is 2.32. The summed E-state index contributed by atoms with van der Waals surface area (Å²) in [7, 11) is 1.24. The van der Waals surface area contributed by atoms with Crippen LogP contribution in [-0.2, 0) is 15.7 Å². The number of benzene rings is 3. The van der Waals surface area contributed by atoms with Crippen molar-refractivity contribution >= 4 is 23.1 Å². The van der Waals surface area contributed by atoms with E-state index < -0.39 is 29.4 Å². The minimum Gasteiger partial charge on any atom is -0.478 e. The summed E-state index contributed by atoms with van der Waals surface area (Å²) < 4.78 is 51.3. The molecule has 0 spiro atoms. The number of rotatable bonds is 6. The van der Waals surface area contributed by atoms with Gasteiger partial charge in [-0.15, -0.1) is 0 Å². The largest absolute Gasteiger partial charge is 0.478 e.